The third kappa shape index (κ3) is 8.95. The molecule has 0 saturated heterocycles. The van der Waals surface area contributed by atoms with Gasteiger partial charge in [-0.2, -0.15) is 0 Å². The maximum absolute atomic E-state index is 13.5. The summed E-state index contributed by atoms with van der Waals surface area (Å²) in [5, 5.41) is 2.86. The zero-order chi connectivity index (χ0) is 25.3. The highest BCUT2D eigenvalue weighted by molar-refractivity contribution is 8.13. The number of nitrogen functional groups attached to an aromatic ring is 1. The smallest absolute Gasteiger partial charge is 0.323 e. The number of nitrogens with two attached hydrogens (primary N) is 1. The number of imidazole rings is 1. The van der Waals surface area contributed by atoms with E-state index in [1.807, 2.05) is 6.92 Å². The minimum atomic E-state index is -3.34. The third-order valence-corrected chi connectivity index (χ3v) is 7.14. The lowest BCUT2D eigenvalue weighted by Crippen LogP contribution is -2.37. The fourth-order valence-electron chi connectivity index (χ4n) is 2.81. The number of aromatic nitrogens is 4. The maximum atomic E-state index is 13.5. The summed E-state index contributed by atoms with van der Waals surface area (Å²) in [5.41, 5.74) is 6.89. The van der Waals surface area contributed by atoms with E-state index in [1.54, 1.807) is 31.7 Å². The molecular formula is C20H33N6O6PS. The summed E-state index contributed by atoms with van der Waals surface area (Å²) in [4.78, 5) is 35.6. The van der Waals surface area contributed by atoms with Crippen molar-refractivity contribution in [1.29, 1.82) is 0 Å². The van der Waals surface area contributed by atoms with Crippen LogP contribution in [0.4, 0.5) is 5.82 Å². The van der Waals surface area contributed by atoms with Crippen molar-refractivity contribution < 1.29 is 28.2 Å². The monoisotopic (exact) mass is 516 g/mol. The van der Waals surface area contributed by atoms with Gasteiger partial charge in [0.2, 0.25) is 7.37 Å². The van der Waals surface area contributed by atoms with Crippen LogP contribution < -0.4 is 11.1 Å². The Morgan fingerprint density at radius 2 is 1.97 bits per heavy atom. The average Bonchev–Trinajstić information content (AvgIpc) is 3.17. The van der Waals surface area contributed by atoms with Gasteiger partial charge in [0.1, 0.15) is 24.2 Å². The van der Waals surface area contributed by atoms with Gasteiger partial charge in [0.05, 0.1) is 38.0 Å². The van der Waals surface area contributed by atoms with Crippen molar-refractivity contribution >= 4 is 47.2 Å². The lowest BCUT2D eigenvalue weighted by molar-refractivity contribution is -0.149. The Hall–Kier alpha value is -2.05. The SMILES string of the molecule is CC(=O)SCCOP(=O)(CN[C@@H](C)C(=O)OC(C)C)CO[C@H](C)Cn1cnc2c(N)ncnc21. The highest BCUT2D eigenvalue weighted by Crippen LogP contribution is 2.46. The van der Waals surface area contributed by atoms with Gasteiger partial charge in [-0.05, 0) is 27.7 Å². The molecule has 1 unspecified atom stereocenters. The van der Waals surface area contributed by atoms with Crippen LogP contribution in [0.5, 0.6) is 0 Å². The summed E-state index contributed by atoms with van der Waals surface area (Å²) < 4.78 is 31.9. The van der Waals surface area contributed by atoms with Gasteiger partial charge in [0, 0.05) is 12.7 Å². The van der Waals surface area contributed by atoms with Gasteiger partial charge in [0.25, 0.3) is 0 Å². The molecule has 0 aliphatic heterocycles. The predicted molar refractivity (Wildman–Crippen MR) is 131 cm³/mol. The molecular weight excluding hydrogens is 483 g/mol. The van der Waals surface area contributed by atoms with Crippen molar-refractivity contribution in [2.24, 2.45) is 0 Å². The maximum Gasteiger partial charge on any atom is 0.323 e. The van der Waals surface area contributed by atoms with Gasteiger partial charge in [-0.1, -0.05) is 11.8 Å². The first-order valence-corrected chi connectivity index (χ1v) is 13.8. The van der Waals surface area contributed by atoms with Crippen molar-refractivity contribution in [2.75, 3.05) is 30.7 Å². The Kier molecular flexibility index (Phi) is 10.9. The summed E-state index contributed by atoms with van der Waals surface area (Å²) in [6.07, 6.45) is 2.07. The number of rotatable bonds is 14. The van der Waals surface area contributed by atoms with Crippen LogP contribution in [-0.4, -0.2) is 73.8 Å². The van der Waals surface area contributed by atoms with Crippen molar-refractivity contribution in [1.82, 2.24) is 24.8 Å². The van der Waals surface area contributed by atoms with E-state index in [1.165, 1.54) is 13.3 Å². The summed E-state index contributed by atoms with van der Waals surface area (Å²) in [6.45, 7) is 8.90. The number of anilines is 1. The Bertz CT molecular complexity index is 1020. The van der Waals surface area contributed by atoms with E-state index >= 15 is 0 Å². The standard InChI is InChI=1S/C20H33N6O6PS/c1-13(2)32-20(28)15(4)25-11-33(29,31-6-7-34-16(5)27)12-30-14(3)8-26-10-24-17-18(21)22-9-23-19(17)26/h9-10,13-15,25H,6-8,11-12H2,1-5H3,(H2,21,22,23)/t14-,15+,33?/m1/s1. The number of ether oxygens (including phenoxy) is 2. The molecule has 0 spiro atoms. The molecule has 2 aromatic rings. The van der Waals surface area contributed by atoms with Crippen molar-refractivity contribution in [3.8, 4) is 0 Å². The van der Waals surface area contributed by atoms with Crippen LogP contribution in [0.2, 0.25) is 0 Å². The minimum absolute atomic E-state index is 0.0523. The van der Waals surface area contributed by atoms with Crippen molar-refractivity contribution in [2.45, 2.75) is 59.4 Å². The van der Waals surface area contributed by atoms with Crippen LogP contribution in [0, 0.1) is 0 Å². The highest BCUT2D eigenvalue weighted by atomic mass is 32.2. The van der Waals surface area contributed by atoms with E-state index < -0.39 is 19.4 Å². The minimum Gasteiger partial charge on any atom is -0.462 e. The van der Waals surface area contributed by atoms with Gasteiger partial charge in [-0.25, -0.2) is 15.0 Å². The van der Waals surface area contributed by atoms with Gasteiger partial charge in [-0.3, -0.25) is 19.5 Å². The average molecular weight is 517 g/mol. The van der Waals surface area contributed by atoms with Crippen LogP contribution in [0.3, 0.4) is 0 Å². The molecule has 0 aliphatic carbocycles. The summed E-state index contributed by atoms with van der Waals surface area (Å²) in [5.74, 6) is 0.202. The molecule has 12 nitrogen and oxygen atoms in total. The summed E-state index contributed by atoms with van der Waals surface area (Å²) in [7, 11) is -3.34. The third-order valence-electron chi connectivity index (χ3n) is 4.50. The molecule has 0 radical (unpaired) electrons. The Morgan fingerprint density at radius 1 is 1.24 bits per heavy atom. The van der Waals surface area contributed by atoms with Gasteiger partial charge >= 0.3 is 5.97 Å². The molecule has 190 valence electrons. The lowest BCUT2D eigenvalue weighted by atomic mass is 10.3. The van der Waals surface area contributed by atoms with E-state index in [0.29, 0.717) is 23.5 Å². The van der Waals surface area contributed by atoms with Crippen molar-refractivity contribution in [3.05, 3.63) is 12.7 Å². The number of nitrogens with zero attached hydrogens (tertiary/aromatic N) is 4. The fraction of sp³-hybridized carbons (Fsp3) is 0.650. The molecule has 0 saturated carbocycles. The second kappa shape index (κ2) is 13.1. The van der Waals surface area contributed by atoms with Gasteiger partial charge in [0.15, 0.2) is 16.6 Å². The first-order chi connectivity index (χ1) is 16.0. The molecule has 0 aliphatic rings. The largest absolute Gasteiger partial charge is 0.462 e. The van der Waals surface area contributed by atoms with Crippen LogP contribution in [0.25, 0.3) is 11.2 Å². The molecule has 3 N–H and O–H groups in total. The molecule has 2 rings (SSSR count). The number of thioether (sulfide) groups is 1. The van der Waals surface area contributed by atoms with Gasteiger partial charge < -0.3 is 24.3 Å². The van der Waals surface area contributed by atoms with Crippen LogP contribution in [-0.2, 0) is 34.7 Å². The first-order valence-electron chi connectivity index (χ1n) is 10.8. The van der Waals surface area contributed by atoms with Crippen LogP contribution in [0.15, 0.2) is 12.7 Å². The van der Waals surface area contributed by atoms with Crippen molar-refractivity contribution in [3.63, 3.8) is 0 Å². The molecule has 34 heavy (non-hydrogen) atoms. The second-order valence-corrected chi connectivity index (χ2v) is 11.7. The zero-order valence-electron chi connectivity index (χ0n) is 20.1. The summed E-state index contributed by atoms with van der Waals surface area (Å²) in [6, 6.07) is -0.675. The van der Waals surface area contributed by atoms with Crippen LogP contribution >= 0.6 is 19.1 Å². The Morgan fingerprint density at radius 3 is 2.65 bits per heavy atom. The normalized spacial score (nSPS) is 15.2. The number of hydrogen-bond acceptors (Lipinski definition) is 12. The first kappa shape index (κ1) is 28.2. The topological polar surface area (TPSA) is 161 Å². The number of nitrogens with one attached hydrogen (secondary N) is 1. The van der Waals surface area contributed by atoms with E-state index in [4.69, 9.17) is 19.7 Å². The van der Waals surface area contributed by atoms with E-state index in [-0.39, 0.29) is 42.4 Å². The van der Waals surface area contributed by atoms with Crippen LogP contribution in [0.1, 0.15) is 34.6 Å². The molecule has 2 heterocycles. The lowest BCUT2D eigenvalue weighted by Gasteiger charge is -2.23. The predicted octanol–water partition coefficient (Wildman–Crippen LogP) is 2.23. The molecule has 14 heteroatoms. The molecule has 3 atom stereocenters. The Balaban J connectivity index is 1.98. The number of fused-ring (bicyclic) bond motifs is 1. The quantitative estimate of drug-likeness (QED) is 0.214. The van der Waals surface area contributed by atoms with E-state index in [0.717, 1.165) is 11.8 Å². The number of hydrogen-bond donors (Lipinski definition) is 2. The molecule has 0 fully saturated rings. The zero-order valence-corrected chi connectivity index (χ0v) is 21.8. The molecule has 0 amide bonds. The number of esters is 1. The number of carbonyl (C=O) groups is 2. The fourth-order valence-corrected chi connectivity index (χ4v) is 5.11. The molecule has 2 aromatic heterocycles. The number of carbonyl (C=O) groups excluding carboxylic acids is 2. The van der Waals surface area contributed by atoms with E-state index in [2.05, 4.69) is 20.3 Å². The van der Waals surface area contributed by atoms with E-state index in [9.17, 15) is 14.2 Å². The molecule has 0 bridgehead atoms. The van der Waals surface area contributed by atoms with Gasteiger partial charge in [-0.15, -0.1) is 0 Å². The summed E-state index contributed by atoms with van der Waals surface area (Å²) >= 11 is 1.08. The highest BCUT2D eigenvalue weighted by Gasteiger charge is 2.27. The second-order valence-electron chi connectivity index (χ2n) is 7.99. The molecule has 0 aromatic carbocycles. The Labute approximate surface area is 203 Å².